The molecule has 0 amide bonds. The third-order valence-electron chi connectivity index (χ3n) is 2.11. The summed E-state index contributed by atoms with van der Waals surface area (Å²) in [5.74, 6) is 0. The van der Waals surface area contributed by atoms with Gasteiger partial charge in [0, 0.05) is 6.54 Å². The number of hydrogen-bond acceptors (Lipinski definition) is 3. The van der Waals surface area contributed by atoms with E-state index in [-0.39, 0.29) is 0 Å². The van der Waals surface area contributed by atoms with Crippen LogP contribution in [0.25, 0.3) is 11.0 Å². The van der Waals surface area contributed by atoms with Gasteiger partial charge in [0.2, 0.25) is 0 Å². The number of rotatable bonds is 3. The van der Waals surface area contributed by atoms with Crippen LogP contribution in [-0.4, -0.2) is 19.7 Å². The molecule has 2 rings (SSSR count). The van der Waals surface area contributed by atoms with Gasteiger partial charge >= 0.3 is 0 Å². The smallest absolute Gasteiger partial charge is 0.162 e. The van der Waals surface area contributed by atoms with Gasteiger partial charge in [-0.25, -0.2) is 14.6 Å². The van der Waals surface area contributed by atoms with E-state index in [9.17, 15) is 0 Å². The maximum atomic E-state index is 5.90. The number of unbranched alkanes of at least 4 members (excludes halogenated alkanes) is 1. The van der Waals surface area contributed by atoms with Crippen molar-refractivity contribution in [3.63, 3.8) is 0 Å². The number of nitrogens with zero attached hydrogens (tertiary/aromatic N) is 4. The van der Waals surface area contributed by atoms with Crippen LogP contribution in [0, 0.1) is 0 Å². The standard InChI is InChI=1S/C9H11ClN4/c1-2-3-4-14-9-7(5-13-14)8(10)11-6-12-9/h5-6H,2-4H2,1H3. The topological polar surface area (TPSA) is 43.6 Å². The minimum Gasteiger partial charge on any atom is -0.247 e. The second-order valence-corrected chi connectivity index (χ2v) is 3.48. The van der Waals surface area contributed by atoms with Crippen molar-refractivity contribution in [3.8, 4) is 0 Å². The summed E-state index contributed by atoms with van der Waals surface area (Å²) in [4.78, 5) is 8.06. The molecule has 0 aromatic carbocycles. The van der Waals surface area contributed by atoms with Crippen LogP contribution < -0.4 is 0 Å². The van der Waals surface area contributed by atoms with Crippen molar-refractivity contribution in [1.29, 1.82) is 0 Å². The number of aromatic nitrogens is 4. The predicted octanol–water partition coefficient (Wildman–Crippen LogP) is 2.28. The Morgan fingerprint density at radius 2 is 2.29 bits per heavy atom. The summed E-state index contributed by atoms with van der Waals surface area (Å²) in [7, 11) is 0. The molecule has 0 spiro atoms. The minimum atomic E-state index is 0.470. The zero-order valence-electron chi connectivity index (χ0n) is 7.94. The van der Waals surface area contributed by atoms with E-state index in [1.54, 1.807) is 6.20 Å². The first kappa shape index (κ1) is 9.40. The van der Waals surface area contributed by atoms with Gasteiger partial charge < -0.3 is 0 Å². The first-order valence-corrected chi connectivity index (χ1v) is 5.02. The molecule has 0 radical (unpaired) electrons. The Labute approximate surface area is 86.9 Å². The molecular formula is C9H11ClN4. The zero-order chi connectivity index (χ0) is 9.97. The van der Waals surface area contributed by atoms with Crippen LogP contribution in [0.4, 0.5) is 0 Å². The highest BCUT2D eigenvalue weighted by Crippen LogP contribution is 2.18. The summed E-state index contributed by atoms with van der Waals surface area (Å²) in [5.41, 5.74) is 0.818. The van der Waals surface area contributed by atoms with E-state index in [4.69, 9.17) is 11.6 Å². The maximum absolute atomic E-state index is 5.90. The molecule has 0 unspecified atom stereocenters. The van der Waals surface area contributed by atoms with Gasteiger partial charge in [-0.15, -0.1) is 0 Å². The number of hydrogen-bond donors (Lipinski definition) is 0. The Morgan fingerprint density at radius 3 is 3.07 bits per heavy atom. The molecule has 74 valence electrons. The van der Waals surface area contributed by atoms with Crippen molar-refractivity contribution >= 4 is 22.6 Å². The van der Waals surface area contributed by atoms with Crippen molar-refractivity contribution < 1.29 is 0 Å². The molecule has 4 nitrogen and oxygen atoms in total. The van der Waals surface area contributed by atoms with E-state index in [0.29, 0.717) is 5.15 Å². The Balaban J connectivity index is 2.42. The van der Waals surface area contributed by atoms with Crippen LogP contribution in [0.3, 0.4) is 0 Å². The average molecular weight is 211 g/mol. The Morgan fingerprint density at radius 1 is 1.43 bits per heavy atom. The lowest BCUT2D eigenvalue weighted by molar-refractivity contribution is 0.584. The van der Waals surface area contributed by atoms with E-state index < -0.39 is 0 Å². The number of fused-ring (bicyclic) bond motifs is 1. The van der Waals surface area contributed by atoms with Crippen LogP contribution in [-0.2, 0) is 6.54 Å². The quantitative estimate of drug-likeness (QED) is 0.730. The average Bonchev–Trinajstić information content (AvgIpc) is 2.60. The summed E-state index contributed by atoms with van der Waals surface area (Å²) >= 11 is 5.90. The molecular weight excluding hydrogens is 200 g/mol. The monoisotopic (exact) mass is 210 g/mol. The van der Waals surface area contributed by atoms with Crippen LogP contribution in [0.1, 0.15) is 19.8 Å². The third-order valence-corrected chi connectivity index (χ3v) is 2.41. The second kappa shape index (κ2) is 3.92. The van der Waals surface area contributed by atoms with Crippen molar-refractivity contribution in [1.82, 2.24) is 19.7 Å². The maximum Gasteiger partial charge on any atom is 0.162 e. The van der Waals surface area contributed by atoms with Gasteiger partial charge in [0.1, 0.15) is 11.5 Å². The molecule has 0 aliphatic carbocycles. The molecule has 0 aliphatic heterocycles. The van der Waals surface area contributed by atoms with Crippen LogP contribution in [0.15, 0.2) is 12.5 Å². The van der Waals surface area contributed by atoms with Gasteiger partial charge in [-0.2, -0.15) is 5.10 Å². The molecule has 2 aromatic heterocycles. The van der Waals surface area contributed by atoms with Gasteiger partial charge in [0.15, 0.2) is 5.65 Å². The summed E-state index contributed by atoms with van der Waals surface area (Å²) in [6, 6.07) is 0. The van der Waals surface area contributed by atoms with Crippen LogP contribution in [0.2, 0.25) is 5.15 Å². The summed E-state index contributed by atoms with van der Waals surface area (Å²) < 4.78 is 1.87. The SMILES string of the molecule is CCCCn1ncc2c(Cl)ncnc21. The van der Waals surface area contributed by atoms with Crippen molar-refractivity contribution in [2.45, 2.75) is 26.3 Å². The highest BCUT2D eigenvalue weighted by atomic mass is 35.5. The molecule has 0 N–H and O–H groups in total. The minimum absolute atomic E-state index is 0.470. The van der Waals surface area contributed by atoms with Gasteiger partial charge in [-0.05, 0) is 6.42 Å². The number of aryl methyl sites for hydroxylation is 1. The van der Waals surface area contributed by atoms with E-state index in [1.807, 2.05) is 4.68 Å². The molecule has 2 heterocycles. The van der Waals surface area contributed by atoms with E-state index in [2.05, 4.69) is 22.0 Å². The summed E-state index contributed by atoms with van der Waals surface area (Å²) in [5, 5.41) is 5.52. The first-order chi connectivity index (χ1) is 6.83. The second-order valence-electron chi connectivity index (χ2n) is 3.12. The third kappa shape index (κ3) is 1.57. The fourth-order valence-corrected chi connectivity index (χ4v) is 1.51. The molecule has 0 atom stereocenters. The molecule has 0 bridgehead atoms. The Hall–Kier alpha value is -1.16. The normalized spacial score (nSPS) is 11.0. The van der Waals surface area contributed by atoms with E-state index >= 15 is 0 Å². The predicted molar refractivity (Wildman–Crippen MR) is 55.2 cm³/mol. The van der Waals surface area contributed by atoms with Gasteiger partial charge in [-0.3, -0.25) is 0 Å². The molecule has 0 saturated heterocycles. The summed E-state index contributed by atoms with van der Waals surface area (Å²) in [6.07, 6.45) is 5.42. The van der Waals surface area contributed by atoms with Crippen molar-refractivity contribution in [2.75, 3.05) is 0 Å². The fourth-order valence-electron chi connectivity index (χ4n) is 1.34. The molecule has 0 fully saturated rings. The Kier molecular flexibility index (Phi) is 2.63. The summed E-state index contributed by atoms with van der Waals surface area (Å²) in [6.45, 7) is 3.03. The zero-order valence-corrected chi connectivity index (χ0v) is 8.70. The fraction of sp³-hybridized carbons (Fsp3) is 0.444. The molecule has 14 heavy (non-hydrogen) atoms. The van der Waals surface area contributed by atoms with Crippen molar-refractivity contribution in [2.24, 2.45) is 0 Å². The molecule has 0 saturated carbocycles. The van der Waals surface area contributed by atoms with Gasteiger partial charge in [0.05, 0.1) is 11.6 Å². The lowest BCUT2D eigenvalue weighted by Crippen LogP contribution is -2.00. The van der Waals surface area contributed by atoms with E-state index in [0.717, 1.165) is 30.4 Å². The number of halogens is 1. The van der Waals surface area contributed by atoms with Crippen LogP contribution in [0.5, 0.6) is 0 Å². The van der Waals surface area contributed by atoms with Crippen molar-refractivity contribution in [3.05, 3.63) is 17.7 Å². The van der Waals surface area contributed by atoms with Gasteiger partial charge in [-0.1, -0.05) is 24.9 Å². The highest BCUT2D eigenvalue weighted by molar-refractivity contribution is 6.33. The largest absolute Gasteiger partial charge is 0.247 e. The first-order valence-electron chi connectivity index (χ1n) is 4.65. The lowest BCUT2D eigenvalue weighted by Gasteiger charge is -2.00. The highest BCUT2D eigenvalue weighted by Gasteiger charge is 2.06. The Bertz CT molecular complexity index is 437. The lowest BCUT2D eigenvalue weighted by atomic mass is 10.3. The van der Waals surface area contributed by atoms with Crippen LogP contribution >= 0.6 is 11.6 Å². The molecule has 2 aromatic rings. The van der Waals surface area contributed by atoms with E-state index in [1.165, 1.54) is 6.33 Å². The van der Waals surface area contributed by atoms with Gasteiger partial charge in [0.25, 0.3) is 0 Å². The molecule has 0 aliphatic rings. The molecule has 5 heteroatoms.